The summed E-state index contributed by atoms with van der Waals surface area (Å²) in [6.45, 7) is 2.03. The number of fused-ring (bicyclic) bond motifs is 2. The summed E-state index contributed by atoms with van der Waals surface area (Å²) in [6.07, 6.45) is 24.4. The number of rotatable bonds is 16. The Labute approximate surface area is 396 Å². The molecule has 7 heteroatoms. The van der Waals surface area contributed by atoms with E-state index in [-0.39, 0.29) is 29.6 Å². The highest BCUT2D eigenvalue weighted by Gasteiger charge is 2.48. The van der Waals surface area contributed by atoms with Crippen molar-refractivity contribution >= 4 is 66.4 Å². The summed E-state index contributed by atoms with van der Waals surface area (Å²) in [5.74, 6) is 3.00. The van der Waals surface area contributed by atoms with E-state index in [9.17, 15) is 0 Å². The van der Waals surface area contributed by atoms with Gasteiger partial charge in [-0.05, 0) is 125 Å². The van der Waals surface area contributed by atoms with E-state index in [2.05, 4.69) is 146 Å². The maximum atomic E-state index is 6.91. The number of allylic oxidation sites excluding steroid dienone is 8. The van der Waals surface area contributed by atoms with E-state index in [4.69, 9.17) is 43.2 Å². The summed E-state index contributed by atoms with van der Waals surface area (Å²) in [5, 5.41) is 3.72. The molecule has 5 heterocycles. The standard InChI is InChI=1S/C58H49N2O2S3/c1-38-28-29-51(62-38)56(47(43-20-13-30-59-37-43)36-44-21-10-11-31-60-44)58(50-24-14-32-61-50)57(55-35-42-17-4-9-27-54(42)65-55)49(34-41-16-3-7-25-52(41)63)48(46-23-6-8-26-53(46)64)33-40-19-12-18-39-15-2-5-22-45(39)40/h2-24,27-32,35,37,48-49,56-58H,25-26,33-34,36H2,1H3. The molecule has 65 heavy (non-hydrogen) atoms. The first kappa shape index (κ1) is 42.8. The van der Waals surface area contributed by atoms with Crippen LogP contribution in [0, 0.1) is 24.7 Å². The number of hydrogen-bond acceptors (Lipinski definition) is 7. The molecule has 8 aromatic rings. The zero-order valence-electron chi connectivity index (χ0n) is 36.3. The van der Waals surface area contributed by atoms with Crippen molar-refractivity contribution in [2.45, 2.75) is 56.8 Å². The first-order valence-corrected chi connectivity index (χ1v) is 24.1. The van der Waals surface area contributed by atoms with Crippen molar-refractivity contribution in [3.05, 3.63) is 245 Å². The molecule has 5 aromatic heterocycles. The highest BCUT2D eigenvalue weighted by Crippen LogP contribution is 2.58. The normalized spacial score (nSPS) is 16.4. The predicted molar refractivity (Wildman–Crippen MR) is 275 cm³/mol. The average molecular weight is 902 g/mol. The van der Waals surface area contributed by atoms with Gasteiger partial charge in [-0.15, -0.1) is 11.3 Å². The van der Waals surface area contributed by atoms with Crippen molar-refractivity contribution < 1.29 is 8.83 Å². The van der Waals surface area contributed by atoms with Crippen molar-refractivity contribution in [1.82, 2.24) is 9.97 Å². The Hall–Kier alpha value is -6.12. The molecule has 5 unspecified atom stereocenters. The third-order valence-corrected chi connectivity index (χ3v) is 15.3. The van der Waals surface area contributed by atoms with Crippen LogP contribution in [0.4, 0.5) is 0 Å². The summed E-state index contributed by atoms with van der Waals surface area (Å²) in [7, 11) is 0. The van der Waals surface area contributed by atoms with Crippen molar-refractivity contribution in [2.75, 3.05) is 0 Å². The number of hydrogen-bond donors (Lipinski definition) is 0. The molecule has 0 fully saturated rings. The lowest BCUT2D eigenvalue weighted by atomic mass is 9.60. The second kappa shape index (κ2) is 19.5. The lowest BCUT2D eigenvalue weighted by Crippen LogP contribution is -2.35. The first-order chi connectivity index (χ1) is 32.0. The number of thiocarbonyl (C=S) groups is 2. The number of aryl methyl sites for hydroxylation is 1. The van der Waals surface area contributed by atoms with Crippen LogP contribution in [-0.2, 0) is 12.8 Å². The molecule has 0 amide bonds. The van der Waals surface area contributed by atoms with E-state index in [0.29, 0.717) is 6.42 Å². The van der Waals surface area contributed by atoms with Crippen LogP contribution in [0.2, 0.25) is 0 Å². The lowest BCUT2D eigenvalue weighted by molar-refractivity contribution is 0.240. The van der Waals surface area contributed by atoms with Gasteiger partial charge in [0.1, 0.15) is 17.3 Å². The van der Waals surface area contributed by atoms with Crippen LogP contribution >= 0.6 is 35.8 Å². The fourth-order valence-electron chi connectivity index (χ4n) is 10.3. The molecule has 3 aromatic carbocycles. The third-order valence-electron chi connectivity index (χ3n) is 13.2. The summed E-state index contributed by atoms with van der Waals surface area (Å²) in [4.78, 5) is 12.9. The third kappa shape index (κ3) is 9.24. The second-order valence-electron chi connectivity index (χ2n) is 17.2. The minimum Gasteiger partial charge on any atom is -0.469 e. The summed E-state index contributed by atoms with van der Waals surface area (Å²) < 4.78 is 15.0. The van der Waals surface area contributed by atoms with Crippen molar-refractivity contribution in [3.63, 3.8) is 0 Å². The molecule has 0 N–H and O–H groups in total. The van der Waals surface area contributed by atoms with Gasteiger partial charge < -0.3 is 8.83 Å². The maximum Gasteiger partial charge on any atom is 0.108 e. The molecule has 4 nitrogen and oxygen atoms in total. The Morgan fingerprint density at radius 3 is 2.29 bits per heavy atom. The molecule has 0 bridgehead atoms. The fourth-order valence-corrected chi connectivity index (χ4v) is 12.2. The Bertz CT molecular complexity index is 3030. The Kier molecular flexibility index (Phi) is 12.9. The van der Waals surface area contributed by atoms with E-state index in [1.165, 1.54) is 42.4 Å². The number of pyridine rings is 2. The predicted octanol–water partition coefficient (Wildman–Crippen LogP) is 15.2. The zero-order chi connectivity index (χ0) is 44.1. The molecule has 0 saturated heterocycles. The van der Waals surface area contributed by atoms with Gasteiger partial charge in [-0.2, -0.15) is 0 Å². The quantitative estimate of drug-likeness (QED) is 0.0901. The van der Waals surface area contributed by atoms with E-state index in [1.54, 1.807) is 0 Å². The van der Waals surface area contributed by atoms with Crippen molar-refractivity contribution in [1.29, 1.82) is 0 Å². The van der Waals surface area contributed by atoms with Gasteiger partial charge in [0, 0.05) is 86.5 Å². The molecule has 1 radical (unpaired) electrons. The number of aromatic nitrogens is 2. The van der Waals surface area contributed by atoms with Gasteiger partial charge >= 0.3 is 0 Å². The van der Waals surface area contributed by atoms with Crippen LogP contribution in [0.3, 0.4) is 0 Å². The molecular formula is C58H49N2O2S3. The Morgan fingerprint density at radius 1 is 0.723 bits per heavy atom. The van der Waals surface area contributed by atoms with Gasteiger partial charge in [-0.25, -0.2) is 0 Å². The van der Waals surface area contributed by atoms with Gasteiger partial charge in [0.15, 0.2) is 0 Å². The second-order valence-corrected chi connectivity index (χ2v) is 19.3. The number of furan rings is 2. The van der Waals surface area contributed by atoms with E-state index < -0.39 is 0 Å². The minimum absolute atomic E-state index is 0.0165. The lowest BCUT2D eigenvalue weighted by Gasteiger charge is -2.43. The van der Waals surface area contributed by atoms with Crippen molar-refractivity contribution in [3.8, 4) is 0 Å². The van der Waals surface area contributed by atoms with Crippen LogP contribution in [0.5, 0.6) is 0 Å². The monoisotopic (exact) mass is 901 g/mol. The van der Waals surface area contributed by atoms with E-state index >= 15 is 0 Å². The number of nitrogens with zero attached hydrogens (tertiary/aromatic N) is 2. The summed E-state index contributed by atoms with van der Waals surface area (Å²) in [6, 6.07) is 45.6. The fraction of sp³-hybridized carbons (Fsp3) is 0.190. The molecule has 0 spiro atoms. The number of thiophene rings is 1. The van der Waals surface area contributed by atoms with Crippen LogP contribution in [0.1, 0.15) is 76.0 Å². The SMILES string of the molecule is Cc1ccc(C([C](Cc2ccccn2)c2cccnc2)C(c2ccco2)C(c2cc3ccccc3s2)C(CC2=CC=CCC2=S)C(Cc2cccc3ccccc23)C2=CC=CCC2=S)o1. The van der Waals surface area contributed by atoms with Gasteiger partial charge in [0.05, 0.1) is 6.26 Å². The van der Waals surface area contributed by atoms with Crippen LogP contribution < -0.4 is 0 Å². The average Bonchev–Trinajstić information content (AvgIpc) is 4.14. The first-order valence-electron chi connectivity index (χ1n) is 22.5. The topological polar surface area (TPSA) is 52.1 Å². The molecular weight excluding hydrogens is 853 g/mol. The molecule has 0 saturated carbocycles. The minimum atomic E-state index is -0.309. The van der Waals surface area contributed by atoms with E-state index in [1.807, 2.05) is 61.3 Å². The van der Waals surface area contributed by atoms with Gasteiger partial charge in [0.2, 0.25) is 0 Å². The molecule has 2 aliphatic rings. The van der Waals surface area contributed by atoms with Gasteiger partial charge in [-0.1, -0.05) is 134 Å². The molecule has 5 atom stereocenters. The smallest absolute Gasteiger partial charge is 0.108 e. The summed E-state index contributed by atoms with van der Waals surface area (Å²) >= 11 is 14.6. The zero-order valence-corrected chi connectivity index (χ0v) is 38.7. The van der Waals surface area contributed by atoms with Crippen LogP contribution in [0.15, 0.2) is 209 Å². The highest BCUT2D eigenvalue weighted by atomic mass is 32.1. The van der Waals surface area contributed by atoms with Crippen molar-refractivity contribution in [2.24, 2.45) is 11.8 Å². The molecule has 2 aliphatic carbocycles. The molecule has 321 valence electrons. The Balaban J connectivity index is 1.28. The summed E-state index contributed by atoms with van der Waals surface area (Å²) in [5.41, 5.74) is 5.73. The Morgan fingerprint density at radius 2 is 1.54 bits per heavy atom. The maximum absolute atomic E-state index is 6.91. The van der Waals surface area contributed by atoms with Gasteiger partial charge in [0.25, 0.3) is 0 Å². The largest absolute Gasteiger partial charge is 0.469 e. The molecule has 0 aliphatic heterocycles. The van der Waals surface area contributed by atoms with Crippen LogP contribution in [-0.4, -0.2) is 19.7 Å². The number of benzene rings is 3. The highest BCUT2D eigenvalue weighted by molar-refractivity contribution is 7.81. The molecule has 10 rings (SSSR count). The van der Waals surface area contributed by atoms with Gasteiger partial charge in [-0.3, -0.25) is 9.97 Å². The van der Waals surface area contributed by atoms with Crippen LogP contribution in [0.25, 0.3) is 20.9 Å². The van der Waals surface area contributed by atoms with E-state index in [0.717, 1.165) is 69.9 Å².